The standard InChI is InChI=1S/C18H24N2O2/c1-11(2)9-14-16(18(14,3)4)17(22)20-13-7-5-12(6-8-13)10-15(19)21/h5-9,14,16H,10H2,1-4H3,(H2,19,21)(H,20,22)/t14-,16-/m0/s1. The van der Waals surface area contributed by atoms with E-state index < -0.39 is 0 Å². The van der Waals surface area contributed by atoms with Crippen molar-refractivity contribution in [3.05, 3.63) is 41.5 Å². The summed E-state index contributed by atoms with van der Waals surface area (Å²) in [6, 6.07) is 7.24. The van der Waals surface area contributed by atoms with Crippen molar-refractivity contribution < 1.29 is 9.59 Å². The summed E-state index contributed by atoms with van der Waals surface area (Å²) in [5, 5.41) is 2.96. The predicted octanol–water partition coefficient (Wildman–Crippen LogP) is 2.89. The molecule has 0 radical (unpaired) electrons. The van der Waals surface area contributed by atoms with E-state index in [1.54, 1.807) is 0 Å². The molecule has 2 atom stereocenters. The van der Waals surface area contributed by atoms with Crippen molar-refractivity contribution in [2.45, 2.75) is 34.1 Å². The smallest absolute Gasteiger partial charge is 0.228 e. The van der Waals surface area contributed by atoms with E-state index in [9.17, 15) is 9.59 Å². The lowest BCUT2D eigenvalue weighted by Gasteiger charge is -2.07. The summed E-state index contributed by atoms with van der Waals surface area (Å²) in [6.07, 6.45) is 2.40. The normalized spacial score (nSPS) is 21.8. The number of primary amides is 1. The first kappa shape index (κ1) is 16.3. The highest BCUT2D eigenvalue weighted by atomic mass is 16.2. The summed E-state index contributed by atoms with van der Waals surface area (Å²) in [6.45, 7) is 8.36. The molecule has 1 aromatic rings. The molecule has 0 unspecified atom stereocenters. The molecule has 118 valence electrons. The number of benzene rings is 1. The molecular formula is C18H24N2O2. The van der Waals surface area contributed by atoms with Gasteiger partial charge in [-0.25, -0.2) is 0 Å². The van der Waals surface area contributed by atoms with Crippen molar-refractivity contribution in [2.75, 3.05) is 5.32 Å². The molecule has 0 aliphatic heterocycles. The number of carbonyl (C=O) groups is 2. The van der Waals surface area contributed by atoms with Gasteiger partial charge in [0.25, 0.3) is 0 Å². The maximum atomic E-state index is 12.4. The zero-order valence-corrected chi connectivity index (χ0v) is 13.6. The number of rotatable bonds is 5. The molecule has 2 rings (SSSR count). The number of hydrogen-bond acceptors (Lipinski definition) is 2. The molecule has 1 fully saturated rings. The van der Waals surface area contributed by atoms with Crippen LogP contribution in [-0.4, -0.2) is 11.8 Å². The van der Waals surface area contributed by atoms with Gasteiger partial charge in [-0.1, -0.05) is 37.6 Å². The predicted molar refractivity (Wildman–Crippen MR) is 88.2 cm³/mol. The fraction of sp³-hybridized carbons (Fsp3) is 0.444. The maximum Gasteiger partial charge on any atom is 0.228 e. The van der Waals surface area contributed by atoms with E-state index in [0.717, 1.165) is 11.3 Å². The molecule has 22 heavy (non-hydrogen) atoms. The number of nitrogens with two attached hydrogens (primary N) is 1. The van der Waals surface area contributed by atoms with Crippen LogP contribution in [0.5, 0.6) is 0 Å². The molecule has 3 N–H and O–H groups in total. The molecule has 0 saturated heterocycles. The van der Waals surface area contributed by atoms with E-state index >= 15 is 0 Å². The molecule has 4 nitrogen and oxygen atoms in total. The lowest BCUT2D eigenvalue weighted by Crippen LogP contribution is -2.17. The SMILES string of the molecule is CC(C)=C[C@H]1[C@@H](C(=O)Nc2ccc(CC(N)=O)cc2)C1(C)C. The topological polar surface area (TPSA) is 72.2 Å². The van der Waals surface area contributed by atoms with Gasteiger partial charge in [0.1, 0.15) is 0 Å². The number of amides is 2. The van der Waals surface area contributed by atoms with Gasteiger partial charge in [0, 0.05) is 5.69 Å². The molecule has 2 amide bonds. The number of anilines is 1. The van der Waals surface area contributed by atoms with Crippen LogP contribution in [0.1, 0.15) is 33.3 Å². The van der Waals surface area contributed by atoms with Gasteiger partial charge in [-0.15, -0.1) is 0 Å². The molecule has 0 aromatic heterocycles. The van der Waals surface area contributed by atoms with E-state index in [2.05, 4.69) is 39.1 Å². The van der Waals surface area contributed by atoms with E-state index in [-0.39, 0.29) is 29.6 Å². The molecule has 0 spiro atoms. The highest BCUT2D eigenvalue weighted by molar-refractivity contribution is 5.95. The van der Waals surface area contributed by atoms with Gasteiger partial charge >= 0.3 is 0 Å². The monoisotopic (exact) mass is 300 g/mol. The fourth-order valence-corrected chi connectivity index (χ4v) is 2.98. The number of hydrogen-bond donors (Lipinski definition) is 2. The Morgan fingerprint density at radius 3 is 2.32 bits per heavy atom. The van der Waals surface area contributed by atoms with Crippen molar-refractivity contribution in [2.24, 2.45) is 23.0 Å². The zero-order chi connectivity index (χ0) is 16.5. The molecular weight excluding hydrogens is 276 g/mol. The van der Waals surface area contributed by atoms with Crippen molar-refractivity contribution >= 4 is 17.5 Å². The number of allylic oxidation sites excluding steroid dienone is 2. The molecule has 1 aliphatic rings. The van der Waals surface area contributed by atoms with Crippen LogP contribution in [0, 0.1) is 17.3 Å². The van der Waals surface area contributed by atoms with Gasteiger partial charge in [0.2, 0.25) is 11.8 Å². The quantitative estimate of drug-likeness (QED) is 0.821. The molecule has 1 aromatic carbocycles. The molecule has 1 aliphatic carbocycles. The van der Waals surface area contributed by atoms with E-state index in [1.807, 2.05) is 24.3 Å². The third-order valence-electron chi connectivity index (χ3n) is 4.31. The largest absolute Gasteiger partial charge is 0.369 e. The van der Waals surface area contributed by atoms with Crippen molar-refractivity contribution in [1.82, 2.24) is 0 Å². The number of carbonyl (C=O) groups excluding carboxylic acids is 2. The van der Waals surface area contributed by atoms with Crippen LogP contribution < -0.4 is 11.1 Å². The Kier molecular flexibility index (Phi) is 4.40. The highest BCUT2D eigenvalue weighted by Crippen LogP contribution is 2.59. The summed E-state index contributed by atoms with van der Waals surface area (Å²) in [7, 11) is 0. The summed E-state index contributed by atoms with van der Waals surface area (Å²) < 4.78 is 0. The minimum atomic E-state index is -0.360. The van der Waals surface area contributed by atoms with Crippen LogP contribution >= 0.6 is 0 Å². The van der Waals surface area contributed by atoms with Gasteiger partial charge in [0.05, 0.1) is 12.3 Å². The fourth-order valence-electron chi connectivity index (χ4n) is 2.98. The first-order valence-electron chi connectivity index (χ1n) is 7.55. The van der Waals surface area contributed by atoms with E-state index in [0.29, 0.717) is 5.92 Å². The molecule has 4 heteroatoms. The minimum Gasteiger partial charge on any atom is -0.369 e. The second-order valence-electron chi connectivity index (χ2n) is 6.90. The molecule has 0 heterocycles. The van der Waals surface area contributed by atoms with E-state index in [4.69, 9.17) is 5.73 Å². The number of nitrogens with one attached hydrogen (secondary N) is 1. The Hall–Kier alpha value is -2.10. The second-order valence-corrected chi connectivity index (χ2v) is 6.90. The third kappa shape index (κ3) is 3.56. The Labute approximate surface area is 131 Å². The van der Waals surface area contributed by atoms with Gasteiger partial charge in [0.15, 0.2) is 0 Å². The Balaban J connectivity index is 2.01. The summed E-state index contributed by atoms with van der Waals surface area (Å²) >= 11 is 0. The van der Waals surface area contributed by atoms with E-state index in [1.165, 1.54) is 5.57 Å². The zero-order valence-electron chi connectivity index (χ0n) is 13.6. The maximum absolute atomic E-state index is 12.4. The van der Waals surface area contributed by atoms with Crippen LogP contribution in [0.25, 0.3) is 0 Å². The summed E-state index contributed by atoms with van der Waals surface area (Å²) in [5.74, 6) is -0.00411. The second kappa shape index (κ2) is 5.95. The van der Waals surface area contributed by atoms with Gasteiger partial charge in [-0.2, -0.15) is 0 Å². The van der Waals surface area contributed by atoms with Crippen LogP contribution in [0.4, 0.5) is 5.69 Å². The highest BCUT2D eigenvalue weighted by Gasteiger charge is 2.60. The van der Waals surface area contributed by atoms with Gasteiger partial charge < -0.3 is 11.1 Å². The Bertz CT molecular complexity index is 610. The van der Waals surface area contributed by atoms with Crippen molar-refractivity contribution in [3.63, 3.8) is 0 Å². The van der Waals surface area contributed by atoms with Crippen molar-refractivity contribution in [3.8, 4) is 0 Å². The van der Waals surface area contributed by atoms with Gasteiger partial charge in [-0.3, -0.25) is 9.59 Å². The first-order valence-corrected chi connectivity index (χ1v) is 7.55. The van der Waals surface area contributed by atoms with Crippen LogP contribution in [0.3, 0.4) is 0 Å². The van der Waals surface area contributed by atoms with Gasteiger partial charge in [-0.05, 0) is 42.9 Å². The first-order chi connectivity index (χ1) is 10.2. The lowest BCUT2D eigenvalue weighted by atomic mass is 10.1. The summed E-state index contributed by atoms with van der Waals surface area (Å²) in [5.41, 5.74) is 8.00. The average Bonchev–Trinajstić information content (AvgIpc) is 2.91. The third-order valence-corrected chi connectivity index (χ3v) is 4.31. The lowest BCUT2D eigenvalue weighted by molar-refractivity contribution is -0.118. The summed E-state index contributed by atoms with van der Waals surface area (Å²) in [4.78, 5) is 23.3. The van der Waals surface area contributed by atoms with Crippen molar-refractivity contribution in [1.29, 1.82) is 0 Å². The average molecular weight is 300 g/mol. The minimum absolute atomic E-state index is 0.00713. The Morgan fingerprint density at radius 1 is 1.23 bits per heavy atom. The molecule has 0 bridgehead atoms. The molecule has 1 saturated carbocycles. The van der Waals surface area contributed by atoms with Crippen LogP contribution in [-0.2, 0) is 16.0 Å². The Morgan fingerprint density at radius 2 is 1.82 bits per heavy atom. The van der Waals surface area contributed by atoms with Crippen LogP contribution in [0.15, 0.2) is 35.9 Å². The van der Waals surface area contributed by atoms with Crippen LogP contribution in [0.2, 0.25) is 0 Å².